The molecule has 0 aromatic heterocycles. The molecule has 0 atom stereocenters. The van der Waals surface area contributed by atoms with Gasteiger partial charge in [-0.15, -0.1) is 5.73 Å². The third-order valence-electron chi connectivity index (χ3n) is 2.96. The molecule has 0 saturated heterocycles. The highest BCUT2D eigenvalue weighted by molar-refractivity contribution is 7.80. The van der Waals surface area contributed by atoms with Gasteiger partial charge in [0.25, 0.3) is 5.91 Å². The molecule has 0 spiro atoms. The molecule has 1 aliphatic rings. The quantitative estimate of drug-likeness (QED) is 0.354. The van der Waals surface area contributed by atoms with Crippen LogP contribution in [0.1, 0.15) is 44.9 Å². The molecule has 1 amide bonds. The topological polar surface area (TPSA) is 29.1 Å². The number of nitrogens with one attached hydrogen (secondary N) is 1. The summed E-state index contributed by atoms with van der Waals surface area (Å²) in [4.78, 5) is 11.6. The highest BCUT2D eigenvalue weighted by Gasteiger charge is 2.05. The zero-order chi connectivity index (χ0) is 13.1. The first kappa shape index (κ1) is 15.1. The number of hydrogen-bond donors (Lipinski definition) is 2. The Bertz CT molecular complexity index is 340. The lowest BCUT2D eigenvalue weighted by Gasteiger charge is -2.04. The lowest BCUT2D eigenvalue weighted by molar-refractivity contribution is -0.117. The highest BCUT2D eigenvalue weighted by Crippen LogP contribution is 2.07. The van der Waals surface area contributed by atoms with Crippen molar-refractivity contribution in [2.45, 2.75) is 44.9 Å². The molecule has 0 unspecified atom stereocenters. The van der Waals surface area contributed by atoms with Gasteiger partial charge in [0, 0.05) is 6.54 Å². The van der Waals surface area contributed by atoms with E-state index in [-0.39, 0.29) is 5.91 Å². The van der Waals surface area contributed by atoms with Crippen LogP contribution in [0.25, 0.3) is 0 Å². The van der Waals surface area contributed by atoms with Crippen molar-refractivity contribution in [1.82, 2.24) is 5.32 Å². The second-order valence-corrected chi connectivity index (χ2v) is 4.99. The molecule has 0 fully saturated rings. The van der Waals surface area contributed by atoms with E-state index in [1.54, 1.807) is 12.2 Å². The molecule has 0 saturated carbocycles. The Morgan fingerprint density at radius 3 is 2.39 bits per heavy atom. The molecular weight excluding hydrogens is 242 g/mol. The van der Waals surface area contributed by atoms with Crippen LogP contribution in [-0.2, 0) is 4.79 Å². The lowest BCUT2D eigenvalue weighted by Crippen LogP contribution is -2.24. The number of thiol groups is 1. The predicted molar refractivity (Wildman–Crippen MR) is 79.9 cm³/mol. The Hall–Kier alpha value is -0.920. The molecule has 0 aliphatic heterocycles. The van der Waals surface area contributed by atoms with Crippen LogP contribution in [0.3, 0.4) is 0 Å². The summed E-state index contributed by atoms with van der Waals surface area (Å²) in [5.41, 5.74) is 3.54. The highest BCUT2D eigenvalue weighted by atomic mass is 32.1. The van der Waals surface area contributed by atoms with Gasteiger partial charge < -0.3 is 5.32 Å². The van der Waals surface area contributed by atoms with Crippen LogP contribution in [0, 0.1) is 0 Å². The van der Waals surface area contributed by atoms with Gasteiger partial charge in [0.05, 0.1) is 5.57 Å². The smallest absolute Gasteiger partial charge is 0.259 e. The fraction of sp³-hybridized carbons (Fsp3) is 0.600. The minimum atomic E-state index is -0.00576. The van der Waals surface area contributed by atoms with E-state index >= 15 is 0 Å². The third-order valence-corrected chi connectivity index (χ3v) is 3.28. The van der Waals surface area contributed by atoms with Gasteiger partial charge in [-0.05, 0) is 30.7 Å². The van der Waals surface area contributed by atoms with E-state index in [1.807, 2.05) is 6.08 Å². The summed E-state index contributed by atoms with van der Waals surface area (Å²) in [6.45, 7) is 0.772. The molecule has 0 bridgehead atoms. The Labute approximate surface area is 116 Å². The summed E-state index contributed by atoms with van der Waals surface area (Å²) in [5, 5.41) is 2.92. The van der Waals surface area contributed by atoms with Crippen molar-refractivity contribution in [1.29, 1.82) is 0 Å². The van der Waals surface area contributed by atoms with E-state index < -0.39 is 0 Å². The number of hydrogen-bond acceptors (Lipinski definition) is 2. The van der Waals surface area contributed by atoms with Crippen LogP contribution < -0.4 is 5.32 Å². The van der Waals surface area contributed by atoms with E-state index in [4.69, 9.17) is 0 Å². The van der Waals surface area contributed by atoms with Gasteiger partial charge in [-0.25, -0.2) is 0 Å². The maximum atomic E-state index is 11.6. The van der Waals surface area contributed by atoms with Crippen molar-refractivity contribution in [3.63, 3.8) is 0 Å². The zero-order valence-electron chi connectivity index (χ0n) is 11.0. The maximum absolute atomic E-state index is 11.6. The summed E-state index contributed by atoms with van der Waals surface area (Å²) in [5.74, 6) is 0.999. The predicted octanol–water partition coefficient (Wildman–Crippen LogP) is 3.41. The fourth-order valence-electron chi connectivity index (χ4n) is 1.89. The van der Waals surface area contributed by atoms with Gasteiger partial charge in [0.2, 0.25) is 0 Å². The number of allylic oxidation sites excluding steroid dienone is 1. The van der Waals surface area contributed by atoms with E-state index in [0.29, 0.717) is 5.57 Å². The van der Waals surface area contributed by atoms with Crippen molar-refractivity contribution < 1.29 is 4.79 Å². The number of amides is 1. The molecular formula is C15H23NOS. The largest absolute Gasteiger partial charge is 0.352 e. The first-order valence-electron chi connectivity index (χ1n) is 6.87. The van der Waals surface area contributed by atoms with Gasteiger partial charge in [-0.2, -0.15) is 12.6 Å². The molecule has 1 N–H and O–H groups in total. The first-order chi connectivity index (χ1) is 8.84. The summed E-state index contributed by atoms with van der Waals surface area (Å²) >= 11 is 4.19. The monoisotopic (exact) mass is 265 g/mol. The van der Waals surface area contributed by atoms with Crippen molar-refractivity contribution in [3.05, 3.63) is 29.5 Å². The number of unbranched alkanes of at least 4 members (excludes halogenated alkanes) is 6. The number of rotatable bonds is 10. The molecule has 0 heterocycles. The summed E-state index contributed by atoms with van der Waals surface area (Å²) in [7, 11) is 0. The average Bonchev–Trinajstić information content (AvgIpc) is 2.90. The molecule has 18 heavy (non-hydrogen) atoms. The minimum Gasteiger partial charge on any atom is -0.352 e. The van der Waals surface area contributed by atoms with Gasteiger partial charge in [0.15, 0.2) is 0 Å². The molecule has 0 aromatic rings. The Morgan fingerprint density at radius 1 is 1.11 bits per heavy atom. The number of carbonyl (C=O) groups excluding carboxylic acids is 1. The summed E-state index contributed by atoms with van der Waals surface area (Å²) < 4.78 is 0. The van der Waals surface area contributed by atoms with Gasteiger partial charge in [-0.1, -0.05) is 38.2 Å². The van der Waals surface area contributed by atoms with Crippen molar-refractivity contribution in [2.75, 3.05) is 12.3 Å². The number of carbonyl (C=O) groups is 1. The van der Waals surface area contributed by atoms with Crippen LogP contribution in [-0.4, -0.2) is 18.2 Å². The van der Waals surface area contributed by atoms with E-state index in [0.717, 1.165) is 18.7 Å². The van der Waals surface area contributed by atoms with Gasteiger partial charge in [0.1, 0.15) is 0 Å². The van der Waals surface area contributed by atoms with Crippen LogP contribution >= 0.6 is 12.6 Å². The van der Waals surface area contributed by atoms with Crippen LogP contribution in [0.5, 0.6) is 0 Å². The standard InChI is InChI=1S/C15H23NOS/c17-15(14-10-6-7-11-14)16-12-8-4-2-1-3-5-9-13-18/h6-7,10,18H,1-5,8-9,12-13H2,(H,16,17). The fourth-order valence-corrected chi connectivity index (χ4v) is 2.11. The Kier molecular flexibility index (Phi) is 8.45. The van der Waals surface area contributed by atoms with Gasteiger partial charge >= 0.3 is 0 Å². The lowest BCUT2D eigenvalue weighted by atomic mass is 10.1. The van der Waals surface area contributed by atoms with Crippen molar-refractivity contribution in [3.8, 4) is 0 Å². The van der Waals surface area contributed by atoms with E-state index in [9.17, 15) is 4.79 Å². The van der Waals surface area contributed by atoms with E-state index in [2.05, 4.69) is 23.7 Å². The van der Waals surface area contributed by atoms with Crippen molar-refractivity contribution >= 4 is 18.5 Å². The molecule has 1 rings (SSSR count). The van der Waals surface area contributed by atoms with Crippen LogP contribution in [0.15, 0.2) is 29.5 Å². The zero-order valence-corrected chi connectivity index (χ0v) is 11.8. The van der Waals surface area contributed by atoms with Crippen LogP contribution in [0.2, 0.25) is 0 Å². The summed E-state index contributed by atoms with van der Waals surface area (Å²) in [6.07, 6.45) is 14.1. The average molecular weight is 265 g/mol. The molecule has 0 radical (unpaired) electrons. The second-order valence-electron chi connectivity index (χ2n) is 4.54. The van der Waals surface area contributed by atoms with Crippen molar-refractivity contribution in [2.24, 2.45) is 0 Å². The van der Waals surface area contributed by atoms with Gasteiger partial charge in [-0.3, -0.25) is 4.79 Å². The molecule has 3 heteroatoms. The van der Waals surface area contributed by atoms with E-state index in [1.165, 1.54) is 38.5 Å². The normalized spacial score (nSPS) is 12.8. The molecule has 100 valence electrons. The second kappa shape index (κ2) is 10.0. The van der Waals surface area contributed by atoms with Crippen LogP contribution in [0.4, 0.5) is 0 Å². The summed E-state index contributed by atoms with van der Waals surface area (Å²) in [6, 6.07) is 0. The minimum absolute atomic E-state index is 0.00576. The Balaban J connectivity index is 1.88. The SMILES string of the molecule is O=C(NCCCCCCCCCS)C1=C=CC=C1. The molecule has 2 nitrogen and oxygen atoms in total. The maximum Gasteiger partial charge on any atom is 0.259 e. The molecule has 1 aliphatic carbocycles. The first-order valence-corrected chi connectivity index (χ1v) is 7.50. The third kappa shape index (κ3) is 6.73. The Morgan fingerprint density at radius 2 is 1.78 bits per heavy atom. The molecule has 0 aromatic carbocycles.